The number of hydrogen-bond donors (Lipinski definition) is 0. The zero-order chi connectivity index (χ0) is 9.35. The van der Waals surface area contributed by atoms with Gasteiger partial charge in [-0.1, -0.05) is 0 Å². The van der Waals surface area contributed by atoms with Crippen molar-refractivity contribution >= 4 is 12.6 Å². The van der Waals surface area contributed by atoms with Crippen LogP contribution in [-0.4, -0.2) is 0 Å². The Labute approximate surface area is 100 Å². The van der Waals surface area contributed by atoms with Crippen molar-refractivity contribution in [3.8, 4) is 0 Å². The Balaban J connectivity index is 0.00000144. The van der Waals surface area contributed by atoms with Gasteiger partial charge < -0.3 is 17.8 Å². The molecule has 13 heavy (non-hydrogen) atoms. The van der Waals surface area contributed by atoms with E-state index in [1.165, 1.54) is 0 Å². The van der Waals surface area contributed by atoms with E-state index >= 15 is 0 Å². The third kappa shape index (κ3) is 3.30. The standard InChI is InChI=1S/C6H4F3NOS.Na/c7-6(8,9)4-1-2-5(12)10(11)3-4;/h1-3,12H;/q;+1/p-1. The number of aromatic nitrogens is 1. The molecule has 0 aliphatic rings. The summed E-state index contributed by atoms with van der Waals surface area (Å²) in [7, 11) is 0. The molecule has 0 fully saturated rings. The molecule has 0 amide bonds. The van der Waals surface area contributed by atoms with E-state index in [-0.39, 0.29) is 39.3 Å². The van der Waals surface area contributed by atoms with Gasteiger partial charge in [-0.15, -0.1) is 0 Å². The summed E-state index contributed by atoms with van der Waals surface area (Å²) in [6.07, 6.45) is -4.07. The first-order chi connectivity index (χ1) is 5.41. The second-order valence-electron chi connectivity index (χ2n) is 2.08. The van der Waals surface area contributed by atoms with Crippen LogP contribution in [0.5, 0.6) is 0 Å². The molecule has 0 unspecified atom stereocenters. The van der Waals surface area contributed by atoms with Crippen molar-refractivity contribution < 1.29 is 47.5 Å². The van der Waals surface area contributed by atoms with Gasteiger partial charge in [-0.05, 0) is 12.1 Å². The Morgan fingerprint density at radius 3 is 2.23 bits per heavy atom. The third-order valence-corrected chi connectivity index (χ3v) is 1.52. The van der Waals surface area contributed by atoms with Gasteiger partial charge in [0.15, 0.2) is 6.20 Å². The van der Waals surface area contributed by atoms with Crippen LogP contribution in [0.2, 0.25) is 0 Å². The zero-order valence-electron chi connectivity index (χ0n) is 6.63. The van der Waals surface area contributed by atoms with Crippen molar-refractivity contribution in [2.45, 2.75) is 11.2 Å². The molecule has 0 saturated heterocycles. The topological polar surface area (TPSA) is 26.9 Å². The molecule has 0 aromatic carbocycles. The SMILES string of the molecule is [Na+].[O-][n+]1cc(C(F)(F)F)ccc1[S-]. The molecule has 7 heteroatoms. The van der Waals surface area contributed by atoms with E-state index in [0.717, 1.165) is 12.1 Å². The van der Waals surface area contributed by atoms with E-state index < -0.39 is 11.7 Å². The molecule has 1 aromatic rings. The van der Waals surface area contributed by atoms with E-state index in [4.69, 9.17) is 0 Å². The van der Waals surface area contributed by atoms with E-state index in [1.807, 2.05) is 0 Å². The Morgan fingerprint density at radius 1 is 1.31 bits per heavy atom. The Kier molecular flexibility index (Phi) is 4.44. The minimum atomic E-state index is -4.49. The summed E-state index contributed by atoms with van der Waals surface area (Å²) in [5.74, 6) is 0. The maximum Gasteiger partial charge on any atom is 1.00 e. The Hall–Kier alpha value is -0.0400. The summed E-state index contributed by atoms with van der Waals surface area (Å²) in [6.45, 7) is 0. The zero-order valence-corrected chi connectivity index (χ0v) is 9.45. The molecule has 0 atom stereocenters. The molecule has 0 saturated carbocycles. The fraction of sp³-hybridized carbons (Fsp3) is 0.167. The van der Waals surface area contributed by atoms with Gasteiger partial charge in [0.25, 0.3) is 0 Å². The van der Waals surface area contributed by atoms with E-state index in [1.54, 1.807) is 0 Å². The Bertz CT molecular complexity index is 304. The van der Waals surface area contributed by atoms with Crippen LogP contribution in [0.3, 0.4) is 0 Å². The number of nitrogens with zero attached hydrogens (tertiary/aromatic N) is 1. The van der Waals surface area contributed by atoms with Gasteiger partial charge in [-0.3, -0.25) is 0 Å². The largest absolute Gasteiger partial charge is 1.00 e. The second kappa shape index (κ2) is 4.45. The summed E-state index contributed by atoms with van der Waals surface area (Å²) in [4.78, 5) is 0. The van der Waals surface area contributed by atoms with E-state index in [0.29, 0.717) is 6.20 Å². The van der Waals surface area contributed by atoms with Gasteiger partial charge in [-0.2, -0.15) is 17.9 Å². The van der Waals surface area contributed by atoms with Crippen LogP contribution in [0.1, 0.15) is 5.56 Å². The van der Waals surface area contributed by atoms with Crippen LogP contribution in [0.25, 0.3) is 0 Å². The van der Waals surface area contributed by atoms with Gasteiger partial charge >= 0.3 is 35.7 Å². The van der Waals surface area contributed by atoms with E-state index in [2.05, 4.69) is 12.6 Å². The summed E-state index contributed by atoms with van der Waals surface area (Å²) in [5, 5.41) is 10.4. The monoisotopic (exact) mass is 217 g/mol. The normalized spacial score (nSPS) is 10.7. The van der Waals surface area contributed by atoms with Crippen molar-refractivity contribution in [2.24, 2.45) is 0 Å². The first kappa shape index (κ1) is 13.0. The second-order valence-corrected chi connectivity index (χ2v) is 2.50. The fourth-order valence-corrected chi connectivity index (χ4v) is 0.756. The maximum atomic E-state index is 11.9. The molecule has 1 rings (SSSR count). The molecule has 2 nitrogen and oxygen atoms in total. The van der Waals surface area contributed by atoms with Gasteiger partial charge in [0.05, 0.1) is 5.03 Å². The van der Waals surface area contributed by atoms with Crippen molar-refractivity contribution in [1.82, 2.24) is 0 Å². The van der Waals surface area contributed by atoms with Crippen LogP contribution < -0.4 is 34.3 Å². The number of pyridine rings is 1. The van der Waals surface area contributed by atoms with Crippen molar-refractivity contribution in [3.05, 3.63) is 29.1 Å². The molecule has 66 valence electrons. The van der Waals surface area contributed by atoms with Gasteiger partial charge in [0.1, 0.15) is 5.56 Å². The van der Waals surface area contributed by atoms with Crippen molar-refractivity contribution in [1.29, 1.82) is 0 Å². The Morgan fingerprint density at radius 2 is 1.85 bits per heavy atom. The molecule has 0 spiro atoms. The first-order valence-corrected chi connectivity index (χ1v) is 3.29. The molecule has 0 radical (unpaired) electrons. The number of halogens is 3. The molecule has 1 aromatic heterocycles. The van der Waals surface area contributed by atoms with Gasteiger partial charge in [0.2, 0.25) is 0 Å². The van der Waals surface area contributed by atoms with Gasteiger partial charge in [0, 0.05) is 0 Å². The summed E-state index contributed by atoms with van der Waals surface area (Å²) in [6, 6.07) is 1.72. The molecule has 1 heterocycles. The minimum absolute atomic E-state index is 0. The third-order valence-electron chi connectivity index (χ3n) is 1.21. The summed E-state index contributed by atoms with van der Waals surface area (Å²) in [5.41, 5.74) is -0.994. The maximum absolute atomic E-state index is 11.9. The summed E-state index contributed by atoms with van der Waals surface area (Å²) < 4.78 is 35.8. The molecule has 0 aliphatic heterocycles. The molecular weight excluding hydrogens is 214 g/mol. The molecule has 0 bridgehead atoms. The number of rotatable bonds is 0. The quantitative estimate of drug-likeness (QED) is 0.223. The molecule has 0 aliphatic carbocycles. The van der Waals surface area contributed by atoms with E-state index in [9.17, 15) is 18.4 Å². The van der Waals surface area contributed by atoms with Crippen LogP contribution in [0, 0.1) is 5.21 Å². The predicted molar refractivity (Wildman–Crippen MR) is 36.0 cm³/mol. The minimum Gasteiger partial charge on any atom is -0.709 e. The number of hydrogen-bond acceptors (Lipinski definition) is 2. The predicted octanol–water partition coefficient (Wildman–Crippen LogP) is -1.75. The fourth-order valence-electron chi connectivity index (χ4n) is 0.635. The summed E-state index contributed by atoms with van der Waals surface area (Å²) >= 11 is 4.42. The average Bonchev–Trinajstić information content (AvgIpc) is 1.92. The van der Waals surface area contributed by atoms with Crippen LogP contribution in [0.4, 0.5) is 13.2 Å². The first-order valence-electron chi connectivity index (χ1n) is 2.88. The van der Waals surface area contributed by atoms with Gasteiger partial charge in [-0.25, -0.2) is 0 Å². The van der Waals surface area contributed by atoms with Crippen LogP contribution in [0.15, 0.2) is 23.4 Å². The molecule has 0 N–H and O–H groups in total. The molecular formula is C6H3F3NNaOS. The van der Waals surface area contributed by atoms with Crippen LogP contribution >= 0.6 is 0 Å². The average molecular weight is 217 g/mol. The van der Waals surface area contributed by atoms with Crippen LogP contribution in [-0.2, 0) is 18.8 Å². The number of alkyl halides is 3. The smallest absolute Gasteiger partial charge is 0.709 e. The van der Waals surface area contributed by atoms with Crippen molar-refractivity contribution in [3.63, 3.8) is 0 Å². The van der Waals surface area contributed by atoms with Crippen molar-refractivity contribution in [2.75, 3.05) is 0 Å².